The van der Waals surface area contributed by atoms with Gasteiger partial charge in [-0.05, 0) is 26.2 Å². The van der Waals surface area contributed by atoms with Gasteiger partial charge in [0.15, 0.2) is 8.32 Å². The number of halogens is 4. The molecule has 0 radical (unpaired) electrons. The Labute approximate surface area is 115 Å². The molecular formula is C8H20Cl2F2O2Si3. The van der Waals surface area contributed by atoms with E-state index in [4.69, 9.17) is 31.4 Å². The van der Waals surface area contributed by atoms with E-state index >= 15 is 0 Å². The fourth-order valence-electron chi connectivity index (χ4n) is 1.37. The Bertz CT molecular complexity index is 231. The molecule has 1 unspecified atom stereocenters. The molecule has 0 amide bonds. The normalized spacial score (nSPS) is 16.9. The van der Waals surface area contributed by atoms with Crippen LogP contribution in [0.1, 0.15) is 0 Å². The van der Waals surface area contributed by atoms with Crippen molar-refractivity contribution in [2.24, 2.45) is 0 Å². The number of rotatable bonds is 8. The van der Waals surface area contributed by atoms with Crippen LogP contribution in [-0.4, -0.2) is 48.8 Å². The molecule has 17 heavy (non-hydrogen) atoms. The van der Waals surface area contributed by atoms with E-state index in [0.717, 1.165) is 0 Å². The van der Waals surface area contributed by atoms with Crippen molar-refractivity contribution in [3.8, 4) is 0 Å². The number of hydrogen-bond acceptors (Lipinski definition) is 2. The summed E-state index contributed by atoms with van der Waals surface area (Å²) in [6.45, 7) is 7.44. The van der Waals surface area contributed by atoms with Gasteiger partial charge in [0.25, 0.3) is 0 Å². The van der Waals surface area contributed by atoms with Gasteiger partial charge in [-0.2, -0.15) is 0 Å². The maximum atomic E-state index is 13.2. The van der Waals surface area contributed by atoms with E-state index in [0.29, 0.717) is 0 Å². The SMILES string of the molecule is C[Si](C)(C)O[Si](C)(CF)O[Si](CF)(CCl)CCl. The Morgan fingerprint density at radius 2 is 1.35 bits per heavy atom. The van der Waals surface area contributed by atoms with E-state index < -0.39 is 37.8 Å². The molecule has 1 atom stereocenters. The van der Waals surface area contributed by atoms with Crippen LogP contribution in [0.5, 0.6) is 0 Å². The predicted molar refractivity (Wildman–Crippen MR) is 76.3 cm³/mol. The van der Waals surface area contributed by atoms with Crippen LogP contribution in [0.15, 0.2) is 0 Å². The van der Waals surface area contributed by atoms with Gasteiger partial charge in [0.2, 0.25) is 8.32 Å². The number of hydrogen-bond donors (Lipinski definition) is 0. The lowest BCUT2D eigenvalue weighted by Crippen LogP contribution is -2.60. The second-order valence-electron chi connectivity index (χ2n) is 5.17. The third kappa shape index (κ3) is 6.13. The van der Waals surface area contributed by atoms with Crippen LogP contribution >= 0.6 is 23.2 Å². The molecule has 0 fully saturated rings. The van der Waals surface area contributed by atoms with Crippen LogP contribution in [0.3, 0.4) is 0 Å². The molecule has 0 saturated heterocycles. The van der Waals surface area contributed by atoms with E-state index in [-0.39, 0.29) is 11.0 Å². The molecule has 0 spiro atoms. The van der Waals surface area contributed by atoms with E-state index in [9.17, 15) is 8.78 Å². The molecule has 0 aliphatic rings. The lowest BCUT2D eigenvalue weighted by Gasteiger charge is -2.38. The maximum Gasteiger partial charge on any atom is 0.346 e. The Kier molecular flexibility index (Phi) is 7.39. The molecule has 104 valence electrons. The molecule has 0 N–H and O–H groups in total. The predicted octanol–water partition coefficient (Wildman–Crippen LogP) is 3.45. The fraction of sp³-hybridized carbons (Fsp3) is 1.00. The van der Waals surface area contributed by atoms with Gasteiger partial charge in [-0.1, -0.05) is 0 Å². The molecule has 0 bridgehead atoms. The van der Waals surface area contributed by atoms with E-state index in [1.165, 1.54) is 0 Å². The van der Waals surface area contributed by atoms with E-state index in [1.54, 1.807) is 6.55 Å². The summed E-state index contributed by atoms with van der Waals surface area (Å²) in [6.07, 6.45) is -1.42. The van der Waals surface area contributed by atoms with Gasteiger partial charge in [0, 0.05) is 11.0 Å². The van der Waals surface area contributed by atoms with Gasteiger partial charge in [-0.15, -0.1) is 23.2 Å². The first-order valence-corrected chi connectivity index (χ1v) is 14.8. The average Bonchev–Trinajstić information content (AvgIpc) is 2.24. The first-order chi connectivity index (χ1) is 7.66. The van der Waals surface area contributed by atoms with Crippen molar-refractivity contribution in [2.75, 3.05) is 23.6 Å². The van der Waals surface area contributed by atoms with Crippen molar-refractivity contribution in [2.45, 2.75) is 26.2 Å². The van der Waals surface area contributed by atoms with E-state index in [1.807, 2.05) is 19.6 Å². The standard InChI is InChI=1S/C8H20Cl2F2O2Si3/c1-15(2,3)13-16(4,7-11)14-17(5-9,6-10)8-12/h5-8H2,1-4H3. The maximum absolute atomic E-state index is 13.2. The fourth-order valence-corrected chi connectivity index (χ4v) is 14.3. The third-order valence-corrected chi connectivity index (χ3v) is 14.4. The van der Waals surface area contributed by atoms with Crippen molar-refractivity contribution in [1.82, 2.24) is 0 Å². The molecule has 9 heteroatoms. The molecule has 0 aromatic heterocycles. The molecule has 0 aromatic rings. The lowest BCUT2D eigenvalue weighted by molar-refractivity contribution is 0.339. The van der Waals surface area contributed by atoms with Crippen molar-refractivity contribution >= 4 is 48.4 Å². The minimum Gasteiger partial charge on any atom is -0.435 e. The molecule has 0 heterocycles. The second-order valence-corrected chi connectivity index (χ2v) is 18.3. The topological polar surface area (TPSA) is 18.5 Å². The van der Waals surface area contributed by atoms with Gasteiger partial charge in [0.05, 0.1) is 0 Å². The molecular weight excluding hydrogens is 321 g/mol. The summed E-state index contributed by atoms with van der Waals surface area (Å²) >= 11 is 11.5. The monoisotopic (exact) mass is 340 g/mol. The zero-order valence-corrected chi connectivity index (χ0v) is 15.2. The van der Waals surface area contributed by atoms with Gasteiger partial charge < -0.3 is 8.23 Å². The summed E-state index contributed by atoms with van der Waals surface area (Å²) in [4.78, 5) is 0. The highest BCUT2D eigenvalue weighted by molar-refractivity contribution is 6.93. The molecule has 0 aliphatic heterocycles. The van der Waals surface area contributed by atoms with Crippen molar-refractivity contribution in [3.63, 3.8) is 0 Å². The molecule has 0 aromatic carbocycles. The van der Waals surface area contributed by atoms with Crippen molar-refractivity contribution < 1.29 is 17.0 Å². The highest BCUT2D eigenvalue weighted by Gasteiger charge is 2.46. The summed E-state index contributed by atoms with van der Waals surface area (Å²) in [7, 11) is -7.84. The largest absolute Gasteiger partial charge is 0.435 e. The van der Waals surface area contributed by atoms with Crippen LogP contribution in [-0.2, 0) is 8.23 Å². The molecule has 2 nitrogen and oxygen atoms in total. The van der Waals surface area contributed by atoms with Crippen molar-refractivity contribution in [3.05, 3.63) is 0 Å². The lowest BCUT2D eigenvalue weighted by atomic mass is 11.7. The van der Waals surface area contributed by atoms with Gasteiger partial charge in [0.1, 0.15) is 12.6 Å². The average molecular weight is 341 g/mol. The van der Waals surface area contributed by atoms with Crippen LogP contribution in [0.25, 0.3) is 0 Å². The summed E-state index contributed by atoms with van der Waals surface area (Å²) in [5.74, 6) is 0. The first-order valence-electron chi connectivity index (χ1n) is 5.30. The summed E-state index contributed by atoms with van der Waals surface area (Å²) < 4.78 is 37.6. The highest BCUT2D eigenvalue weighted by atomic mass is 35.5. The Hall–Kier alpha value is 1.01. The minimum atomic E-state index is -3.01. The first kappa shape index (κ1) is 18.0. The van der Waals surface area contributed by atoms with Crippen LogP contribution in [0.4, 0.5) is 8.78 Å². The van der Waals surface area contributed by atoms with Crippen molar-refractivity contribution in [1.29, 1.82) is 0 Å². The smallest absolute Gasteiger partial charge is 0.346 e. The Morgan fingerprint density at radius 3 is 1.59 bits per heavy atom. The molecule has 0 rings (SSSR count). The summed E-state index contributed by atoms with van der Waals surface area (Å²) in [6, 6.07) is 0. The van der Waals surface area contributed by atoms with Gasteiger partial charge in [-0.25, -0.2) is 4.39 Å². The molecule has 0 aliphatic carbocycles. The Morgan fingerprint density at radius 1 is 0.882 bits per heavy atom. The summed E-state index contributed by atoms with van der Waals surface area (Å²) in [5, 5.41) is 0. The van der Waals surface area contributed by atoms with E-state index in [2.05, 4.69) is 0 Å². The Balaban J connectivity index is 4.88. The van der Waals surface area contributed by atoms with Gasteiger partial charge in [-0.3, -0.25) is 4.39 Å². The zero-order valence-electron chi connectivity index (χ0n) is 10.7. The third-order valence-electron chi connectivity index (χ3n) is 1.93. The zero-order chi connectivity index (χ0) is 13.7. The molecule has 0 saturated carbocycles. The second kappa shape index (κ2) is 6.97. The van der Waals surface area contributed by atoms with Gasteiger partial charge >= 0.3 is 8.56 Å². The quantitative estimate of drug-likeness (QED) is 0.497. The summed E-state index contributed by atoms with van der Waals surface area (Å²) in [5.41, 5.74) is 0.0370. The van der Waals surface area contributed by atoms with Crippen LogP contribution in [0.2, 0.25) is 26.2 Å². The number of alkyl halides is 4. The van der Waals surface area contributed by atoms with Crippen LogP contribution < -0.4 is 0 Å². The highest BCUT2D eigenvalue weighted by Crippen LogP contribution is 2.23. The van der Waals surface area contributed by atoms with Crippen LogP contribution in [0, 0.1) is 0 Å². The minimum absolute atomic E-state index is 0.0185.